The fourth-order valence-corrected chi connectivity index (χ4v) is 3.58. The van der Waals surface area contributed by atoms with E-state index in [2.05, 4.69) is 34.0 Å². The lowest BCUT2D eigenvalue weighted by molar-refractivity contribution is 0.0277. The molecule has 0 aliphatic heterocycles. The lowest BCUT2D eigenvalue weighted by atomic mass is 9.98. The third-order valence-corrected chi connectivity index (χ3v) is 5.15. The third-order valence-electron chi connectivity index (χ3n) is 4.13. The van der Waals surface area contributed by atoms with Gasteiger partial charge in [-0.15, -0.1) is 35.3 Å². The number of thiophene rings is 1. The Hall–Kier alpha value is -0.340. The first-order valence-corrected chi connectivity index (χ1v) is 9.26. The number of halogens is 1. The number of hydrogen-bond donors (Lipinski definition) is 2. The monoisotopic (exact) mass is 451 g/mol. The Morgan fingerprint density at radius 1 is 1.30 bits per heavy atom. The van der Waals surface area contributed by atoms with Gasteiger partial charge in [-0.3, -0.25) is 4.99 Å². The lowest BCUT2D eigenvalue weighted by Gasteiger charge is -2.22. The topological polar surface area (TPSA) is 45.7 Å². The summed E-state index contributed by atoms with van der Waals surface area (Å²) in [7, 11) is 1.81. The molecule has 1 saturated carbocycles. The maximum absolute atomic E-state index is 5.93. The van der Waals surface area contributed by atoms with Gasteiger partial charge in [-0.1, -0.05) is 19.3 Å². The van der Waals surface area contributed by atoms with Crippen molar-refractivity contribution in [2.24, 2.45) is 4.99 Å². The van der Waals surface area contributed by atoms with Crippen LogP contribution >= 0.6 is 35.3 Å². The highest BCUT2D eigenvalue weighted by atomic mass is 127. The van der Waals surface area contributed by atoms with E-state index in [-0.39, 0.29) is 24.0 Å². The van der Waals surface area contributed by atoms with Gasteiger partial charge in [0, 0.05) is 25.1 Å². The Morgan fingerprint density at radius 3 is 2.74 bits per heavy atom. The van der Waals surface area contributed by atoms with Crippen molar-refractivity contribution in [1.82, 2.24) is 10.6 Å². The van der Waals surface area contributed by atoms with Gasteiger partial charge in [-0.25, -0.2) is 0 Å². The fourth-order valence-electron chi connectivity index (χ4n) is 2.73. The van der Waals surface area contributed by atoms with Crippen LogP contribution in [0.1, 0.15) is 49.0 Å². The zero-order valence-corrected chi connectivity index (χ0v) is 17.4. The Labute approximate surface area is 161 Å². The molecule has 1 fully saturated rings. The maximum Gasteiger partial charge on any atom is 0.191 e. The molecule has 0 atom stereocenters. The zero-order valence-electron chi connectivity index (χ0n) is 14.3. The molecule has 0 unspecified atom stereocenters. The molecule has 1 aromatic rings. The maximum atomic E-state index is 5.93. The van der Waals surface area contributed by atoms with Gasteiger partial charge in [0.05, 0.1) is 12.6 Å². The quantitative estimate of drug-likeness (QED) is 0.284. The van der Waals surface area contributed by atoms with Crippen molar-refractivity contribution in [3.63, 3.8) is 0 Å². The number of ether oxygens (including phenoxy) is 1. The summed E-state index contributed by atoms with van der Waals surface area (Å²) in [4.78, 5) is 5.63. The molecule has 1 aliphatic carbocycles. The molecule has 0 radical (unpaired) electrons. The average Bonchev–Trinajstić information content (AvgIpc) is 2.96. The first kappa shape index (κ1) is 20.7. The smallest absolute Gasteiger partial charge is 0.191 e. The summed E-state index contributed by atoms with van der Waals surface area (Å²) in [5.74, 6) is 0.866. The fraction of sp³-hybridized carbons (Fsp3) is 0.706. The van der Waals surface area contributed by atoms with Gasteiger partial charge >= 0.3 is 0 Å². The summed E-state index contributed by atoms with van der Waals surface area (Å²) < 4.78 is 5.93. The number of nitrogens with zero attached hydrogens (tertiary/aromatic N) is 1. The molecule has 0 saturated heterocycles. The molecule has 0 spiro atoms. The van der Waals surface area contributed by atoms with E-state index in [0.29, 0.717) is 6.10 Å². The van der Waals surface area contributed by atoms with E-state index in [1.54, 1.807) is 11.3 Å². The lowest BCUT2D eigenvalue weighted by Crippen LogP contribution is -2.37. The molecule has 1 aliphatic rings. The number of rotatable bonds is 7. The standard InChI is InChI=1S/C17H29N3OS.HI/c1-14-9-12-22-16(14)13-20-17(18-2)19-10-6-11-21-15-7-4-3-5-8-15;/h9,12,15H,3-8,10-11,13H2,1-2H3,(H2,18,19,20);1H. The van der Waals surface area contributed by atoms with Crippen LogP contribution in [0.15, 0.2) is 16.4 Å². The average molecular weight is 451 g/mol. The van der Waals surface area contributed by atoms with E-state index in [1.807, 2.05) is 7.05 Å². The molecule has 2 N–H and O–H groups in total. The van der Waals surface area contributed by atoms with Crippen LogP contribution in [-0.2, 0) is 11.3 Å². The van der Waals surface area contributed by atoms with Crippen molar-refractivity contribution < 1.29 is 4.74 Å². The van der Waals surface area contributed by atoms with Gasteiger partial charge in [0.1, 0.15) is 0 Å². The van der Waals surface area contributed by atoms with E-state index in [0.717, 1.165) is 32.1 Å². The predicted octanol–water partition coefficient (Wildman–Crippen LogP) is 4.08. The molecule has 4 nitrogen and oxygen atoms in total. The Kier molecular flexibility index (Phi) is 10.9. The largest absolute Gasteiger partial charge is 0.378 e. The Morgan fingerprint density at radius 2 is 2.09 bits per heavy atom. The van der Waals surface area contributed by atoms with Crippen molar-refractivity contribution in [2.75, 3.05) is 20.2 Å². The minimum Gasteiger partial charge on any atom is -0.378 e. The molecule has 0 aromatic carbocycles. The van der Waals surface area contributed by atoms with Crippen LogP contribution in [0.3, 0.4) is 0 Å². The van der Waals surface area contributed by atoms with Gasteiger partial charge in [0.15, 0.2) is 5.96 Å². The Bertz CT molecular complexity index is 458. The molecule has 132 valence electrons. The van der Waals surface area contributed by atoms with Crippen LogP contribution in [0.4, 0.5) is 0 Å². The van der Waals surface area contributed by atoms with E-state index in [9.17, 15) is 0 Å². The summed E-state index contributed by atoms with van der Waals surface area (Å²) in [5.41, 5.74) is 1.34. The molecule has 23 heavy (non-hydrogen) atoms. The van der Waals surface area contributed by atoms with E-state index >= 15 is 0 Å². The predicted molar refractivity (Wildman–Crippen MR) is 110 cm³/mol. The number of nitrogens with one attached hydrogen (secondary N) is 2. The van der Waals surface area contributed by atoms with E-state index in [1.165, 1.54) is 42.5 Å². The second-order valence-electron chi connectivity index (χ2n) is 5.86. The van der Waals surface area contributed by atoms with Crippen molar-refractivity contribution >= 4 is 41.3 Å². The van der Waals surface area contributed by atoms with Crippen LogP contribution < -0.4 is 10.6 Å². The highest BCUT2D eigenvalue weighted by Crippen LogP contribution is 2.20. The van der Waals surface area contributed by atoms with Crippen LogP contribution in [0.5, 0.6) is 0 Å². The first-order chi connectivity index (χ1) is 10.8. The summed E-state index contributed by atoms with van der Waals surface area (Å²) in [5, 5.41) is 8.84. The molecule has 0 bridgehead atoms. The Balaban J connectivity index is 0.00000264. The highest BCUT2D eigenvalue weighted by Gasteiger charge is 2.12. The number of hydrogen-bond acceptors (Lipinski definition) is 3. The van der Waals surface area contributed by atoms with Gasteiger partial charge < -0.3 is 15.4 Å². The van der Waals surface area contributed by atoms with Crippen LogP contribution in [-0.4, -0.2) is 32.3 Å². The van der Waals surface area contributed by atoms with Crippen LogP contribution in [0, 0.1) is 6.92 Å². The minimum absolute atomic E-state index is 0. The molecule has 1 aromatic heterocycles. The van der Waals surface area contributed by atoms with Crippen molar-refractivity contribution in [1.29, 1.82) is 0 Å². The molecule has 1 heterocycles. The summed E-state index contributed by atoms with van der Waals surface area (Å²) in [6.45, 7) is 4.72. The normalized spacial score (nSPS) is 16.0. The first-order valence-electron chi connectivity index (χ1n) is 8.38. The summed E-state index contributed by atoms with van der Waals surface area (Å²) in [6.07, 6.45) is 8.08. The number of aliphatic imine (C=N–C) groups is 1. The van der Waals surface area contributed by atoms with E-state index < -0.39 is 0 Å². The molecular weight excluding hydrogens is 421 g/mol. The number of guanidine groups is 1. The van der Waals surface area contributed by atoms with Crippen molar-refractivity contribution in [3.05, 3.63) is 21.9 Å². The summed E-state index contributed by atoms with van der Waals surface area (Å²) >= 11 is 1.78. The van der Waals surface area contributed by atoms with Gasteiger partial charge in [0.25, 0.3) is 0 Å². The SMILES string of the molecule is CN=C(NCCCOC1CCCCC1)NCc1sccc1C.I. The summed E-state index contributed by atoms with van der Waals surface area (Å²) in [6, 6.07) is 2.15. The van der Waals surface area contributed by atoms with E-state index in [4.69, 9.17) is 4.74 Å². The molecular formula is C17H30IN3OS. The molecule has 2 rings (SSSR count). The highest BCUT2D eigenvalue weighted by molar-refractivity contribution is 14.0. The third kappa shape index (κ3) is 7.85. The van der Waals surface area contributed by atoms with Crippen molar-refractivity contribution in [2.45, 2.75) is 58.1 Å². The minimum atomic E-state index is 0. The second-order valence-corrected chi connectivity index (χ2v) is 6.86. The van der Waals surface area contributed by atoms with Gasteiger partial charge in [-0.05, 0) is 43.2 Å². The van der Waals surface area contributed by atoms with Gasteiger partial charge in [-0.2, -0.15) is 0 Å². The zero-order chi connectivity index (χ0) is 15.6. The molecule has 6 heteroatoms. The molecule has 0 amide bonds. The van der Waals surface area contributed by atoms with Gasteiger partial charge in [0.2, 0.25) is 0 Å². The van der Waals surface area contributed by atoms with Crippen molar-refractivity contribution in [3.8, 4) is 0 Å². The van der Waals surface area contributed by atoms with Crippen LogP contribution in [0.2, 0.25) is 0 Å². The second kappa shape index (κ2) is 12.1. The number of aryl methyl sites for hydroxylation is 1. The van der Waals surface area contributed by atoms with Crippen LogP contribution in [0.25, 0.3) is 0 Å².